The van der Waals surface area contributed by atoms with Crippen LogP contribution < -0.4 is 15.0 Å². The summed E-state index contributed by atoms with van der Waals surface area (Å²) >= 11 is 6.14. The summed E-state index contributed by atoms with van der Waals surface area (Å²) in [5.41, 5.74) is 2.48. The molecule has 0 spiro atoms. The molecular formula is C19H21ClN2O2. The Bertz CT molecular complexity index is 710. The van der Waals surface area contributed by atoms with Crippen LogP contribution in [0.5, 0.6) is 5.75 Å². The molecule has 1 fully saturated rings. The summed E-state index contributed by atoms with van der Waals surface area (Å²) < 4.78 is 5.38. The summed E-state index contributed by atoms with van der Waals surface area (Å²) in [6, 6.07) is 13.0. The molecule has 1 saturated heterocycles. The van der Waals surface area contributed by atoms with Gasteiger partial charge in [0.15, 0.2) is 0 Å². The summed E-state index contributed by atoms with van der Waals surface area (Å²) in [5, 5.41) is 3.34. The molecule has 0 aromatic heterocycles. The van der Waals surface area contributed by atoms with Crippen LogP contribution in [0.1, 0.15) is 30.1 Å². The Morgan fingerprint density at radius 1 is 1.17 bits per heavy atom. The zero-order chi connectivity index (χ0) is 16.9. The van der Waals surface area contributed by atoms with E-state index in [0.29, 0.717) is 22.9 Å². The van der Waals surface area contributed by atoms with Crippen LogP contribution in [0, 0.1) is 0 Å². The second-order valence-corrected chi connectivity index (χ2v) is 6.18. The number of carbonyl (C=O) groups excluding carboxylic acids is 1. The van der Waals surface area contributed by atoms with Gasteiger partial charge in [-0.1, -0.05) is 11.6 Å². The minimum atomic E-state index is -0.186. The minimum absolute atomic E-state index is 0.186. The Balaban J connectivity index is 1.66. The molecule has 0 bridgehead atoms. The van der Waals surface area contributed by atoms with Gasteiger partial charge in [0.1, 0.15) is 5.75 Å². The SMILES string of the molecule is CCOc1ccc(C(=O)Nc2ccc(N3CCCC3)cc2)cc1Cl. The number of amides is 1. The van der Waals surface area contributed by atoms with Crippen LogP contribution in [-0.4, -0.2) is 25.6 Å². The summed E-state index contributed by atoms with van der Waals surface area (Å²) in [6.45, 7) is 4.64. The summed E-state index contributed by atoms with van der Waals surface area (Å²) in [5.74, 6) is 0.402. The van der Waals surface area contributed by atoms with E-state index < -0.39 is 0 Å². The first-order chi connectivity index (χ1) is 11.7. The van der Waals surface area contributed by atoms with E-state index in [4.69, 9.17) is 16.3 Å². The summed E-state index contributed by atoms with van der Waals surface area (Å²) in [6.07, 6.45) is 2.49. The fourth-order valence-electron chi connectivity index (χ4n) is 2.85. The standard InChI is InChI=1S/C19H21ClN2O2/c1-2-24-18-10-5-14(13-17(18)20)19(23)21-15-6-8-16(9-7-15)22-11-3-4-12-22/h5-10,13H,2-4,11-12H2,1H3,(H,21,23). The van der Waals surface area contributed by atoms with E-state index in [-0.39, 0.29) is 5.91 Å². The third-order valence-corrected chi connectivity index (χ3v) is 4.39. The molecule has 4 nitrogen and oxygen atoms in total. The van der Waals surface area contributed by atoms with Gasteiger partial charge in [0.2, 0.25) is 0 Å². The van der Waals surface area contributed by atoms with Gasteiger partial charge in [-0.25, -0.2) is 0 Å². The first-order valence-electron chi connectivity index (χ1n) is 8.26. The van der Waals surface area contributed by atoms with Crippen molar-refractivity contribution in [2.45, 2.75) is 19.8 Å². The van der Waals surface area contributed by atoms with Gasteiger partial charge in [0, 0.05) is 30.0 Å². The van der Waals surface area contributed by atoms with E-state index >= 15 is 0 Å². The smallest absolute Gasteiger partial charge is 0.255 e. The first-order valence-corrected chi connectivity index (χ1v) is 8.64. The zero-order valence-corrected chi connectivity index (χ0v) is 14.5. The lowest BCUT2D eigenvalue weighted by molar-refractivity contribution is 0.102. The van der Waals surface area contributed by atoms with Crippen LogP contribution in [0.15, 0.2) is 42.5 Å². The second kappa shape index (κ2) is 7.58. The Morgan fingerprint density at radius 3 is 2.50 bits per heavy atom. The Morgan fingerprint density at radius 2 is 1.88 bits per heavy atom. The van der Waals surface area contributed by atoms with Crippen molar-refractivity contribution < 1.29 is 9.53 Å². The molecule has 0 radical (unpaired) electrons. The molecule has 0 aliphatic carbocycles. The highest BCUT2D eigenvalue weighted by molar-refractivity contribution is 6.32. The van der Waals surface area contributed by atoms with Crippen molar-refractivity contribution in [2.75, 3.05) is 29.9 Å². The van der Waals surface area contributed by atoms with Crippen LogP contribution in [0.2, 0.25) is 5.02 Å². The molecule has 1 N–H and O–H groups in total. The second-order valence-electron chi connectivity index (χ2n) is 5.77. The molecule has 0 unspecified atom stereocenters. The molecule has 3 rings (SSSR count). The van der Waals surface area contributed by atoms with Crippen molar-refractivity contribution in [1.82, 2.24) is 0 Å². The lowest BCUT2D eigenvalue weighted by Gasteiger charge is -2.17. The third kappa shape index (κ3) is 3.82. The predicted octanol–water partition coefficient (Wildman–Crippen LogP) is 4.59. The Kier molecular flexibility index (Phi) is 5.26. The topological polar surface area (TPSA) is 41.6 Å². The normalized spacial score (nSPS) is 13.8. The third-order valence-electron chi connectivity index (χ3n) is 4.09. The maximum atomic E-state index is 12.4. The van der Waals surface area contributed by atoms with Gasteiger partial charge in [-0.05, 0) is 62.2 Å². The largest absolute Gasteiger partial charge is 0.492 e. The average molecular weight is 345 g/mol. The number of carbonyl (C=O) groups is 1. The van der Waals surface area contributed by atoms with Crippen molar-refractivity contribution in [3.05, 3.63) is 53.1 Å². The number of hydrogen-bond donors (Lipinski definition) is 1. The van der Waals surface area contributed by atoms with Gasteiger partial charge in [0.05, 0.1) is 11.6 Å². The predicted molar refractivity (Wildman–Crippen MR) is 98.5 cm³/mol. The van der Waals surface area contributed by atoms with Gasteiger partial charge in [-0.15, -0.1) is 0 Å². The molecule has 1 aliphatic rings. The summed E-state index contributed by atoms with van der Waals surface area (Å²) in [7, 11) is 0. The van der Waals surface area contributed by atoms with Gasteiger partial charge in [0.25, 0.3) is 5.91 Å². The molecule has 1 aliphatic heterocycles. The highest BCUT2D eigenvalue weighted by atomic mass is 35.5. The quantitative estimate of drug-likeness (QED) is 0.862. The lowest BCUT2D eigenvalue weighted by Crippen LogP contribution is -2.17. The van der Waals surface area contributed by atoms with E-state index in [9.17, 15) is 4.79 Å². The van der Waals surface area contributed by atoms with Gasteiger partial charge >= 0.3 is 0 Å². The first kappa shape index (κ1) is 16.7. The van der Waals surface area contributed by atoms with Crippen molar-refractivity contribution in [1.29, 1.82) is 0 Å². The number of ether oxygens (including phenoxy) is 1. The van der Waals surface area contributed by atoms with Crippen molar-refractivity contribution >= 4 is 28.9 Å². The maximum absolute atomic E-state index is 12.4. The molecule has 5 heteroatoms. The molecule has 1 amide bonds. The number of hydrogen-bond acceptors (Lipinski definition) is 3. The van der Waals surface area contributed by atoms with Crippen molar-refractivity contribution in [3.63, 3.8) is 0 Å². The number of benzene rings is 2. The lowest BCUT2D eigenvalue weighted by atomic mass is 10.2. The van der Waals surface area contributed by atoms with E-state index in [0.717, 1.165) is 18.8 Å². The van der Waals surface area contributed by atoms with Crippen LogP contribution in [0.3, 0.4) is 0 Å². The molecule has 24 heavy (non-hydrogen) atoms. The summed E-state index contributed by atoms with van der Waals surface area (Å²) in [4.78, 5) is 14.7. The highest BCUT2D eigenvalue weighted by Crippen LogP contribution is 2.26. The van der Waals surface area contributed by atoms with Crippen molar-refractivity contribution in [2.24, 2.45) is 0 Å². The number of nitrogens with one attached hydrogen (secondary N) is 1. The van der Waals surface area contributed by atoms with Crippen LogP contribution >= 0.6 is 11.6 Å². The molecule has 126 valence electrons. The van der Waals surface area contributed by atoms with Crippen LogP contribution in [0.25, 0.3) is 0 Å². The van der Waals surface area contributed by atoms with E-state index in [1.54, 1.807) is 18.2 Å². The molecule has 2 aromatic carbocycles. The Labute approximate surface area is 147 Å². The monoisotopic (exact) mass is 344 g/mol. The number of nitrogens with zero attached hydrogens (tertiary/aromatic N) is 1. The van der Waals surface area contributed by atoms with Crippen LogP contribution in [-0.2, 0) is 0 Å². The molecule has 2 aromatic rings. The van der Waals surface area contributed by atoms with Gasteiger partial charge < -0.3 is 15.0 Å². The zero-order valence-electron chi connectivity index (χ0n) is 13.7. The molecular weight excluding hydrogens is 324 g/mol. The van der Waals surface area contributed by atoms with E-state index in [1.165, 1.54) is 18.5 Å². The number of halogens is 1. The number of anilines is 2. The molecule has 0 atom stereocenters. The highest BCUT2D eigenvalue weighted by Gasteiger charge is 2.13. The fourth-order valence-corrected chi connectivity index (χ4v) is 3.08. The van der Waals surface area contributed by atoms with Gasteiger partial charge in [-0.2, -0.15) is 0 Å². The van der Waals surface area contributed by atoms with Crippen LogP contribution in [0.4, 0.5) is 11.4 Å². The fraction of sp³-hybridized carbons (Fsp3) is 0.316. The molecule has 0 saturated carbocycles. The maximum Gasteiger partial charge on any atom is 0.255 e. The average Bonchev–Trinajstić information content (AvgIpc) is 3.12. The number of rotatable bonds is 5. The molecule has 1 heterocycles. The van der Waals surface area contributed by atoms with E-state index in [1.807, 2.05) is 31.2 Å². The Hall–Kier alpha value is -2.20. The van der Waals surface area contributed by atoms with Gasteiger partial charge in [-0.3, -0.25) is 4.79 Å². The van der Waals surface area contributed by atoms with E-state index in [2.05, 4.69) is 10.2 Å². The van der Waals surface area contributed by atoms with Crippen molar-refractivity contribution in [3.8, 4) is 5.75 Å². The minimum Gasteiger partial charge on any atom is -0.492 e.